The lowest BCUT2D eigenvalue weighted by Gasteiger charge is -2.38. The van der Waals surface area contributed by atoms with Crippen molar-refractivity contribution in [3.8, 4) is 0 Å². The van der Waals surface area contributed by atoms with Gasteiger partial charge < -0.3 is 9.73 Å². The first-order valence-electron chi connectivity index (χ1n) is 6.56. The Hall–Kier alpha value is -0.800. The zero-order valence-corrected chi connectivity index (χ0v) is 11.3. The maximum absolute atomic E-state index is 5.61. The van der Waals surface area contributed by atoms with Crippen molar-refractivity contribution in [1.82, 2.24) is 10.2 Å². The van der Waals surface area contributed by atoms with Crippen molar-refractivity contribution in [1.29, 1.82) is 0 Å². The molecule has 3 heteroatoms. The van der Waals surface area contributed by atoms with Crippen LogP contribution in [0, 0.1) is 6.92 Å². The minimum atomic E-state index is 0.272. The second-order valence-corrected chi connectivity index (χ2v) is 5.63. The average molecular weight is 236 g/mol. The third kappa shape index (κ3) is 3.58. The Morgan fingerprint density at radius 3 is 2.82 bits per heavy atom. The number of nitrogens with zero attached hydrogens (tertiary/aromatic N) is 1. The third-order valence-electron chi connectivity index (χ3n) is 3.55. The summed E-state index contributed by atoms with van der Waals surface area (Å²) < 4.78 is 5.61. The molecule has 0 bridgehead atoms. The van der Waals surface area contributed by atoms with E-state index < -0.39 is 0 Å². The lowest BCUT2D eigenvalue weighted by Crippen LogP contribution is -2.52. The first-order chi connectivity index (χ1) is 8.07. The highest BCUT2D eigenvalue weighted by Gasteiger charge is 2.27. The van der Waals surface area contributed by atoms with Crippen LogP contribution < -0.4 is 5.32 Å². The maximum Gasteiger partial charge on any atom is 0.118 e. The Kier molecular flexibility index (Phi) is 3.89. The van der Waals surface area contributed by atoms with E-state index in [1.807, 2.05) is 13.0 Å². The van der Waals surface area contributed by atoms with Gasteiger partial charge in [-0.2, -0.15) is 0 Å². The quantitative estimate of drug-likeness (QED) is 0.871. The molecule has 1 aliphatic heterocycles. The fourth-order valence-electron chi connectivity index (χ4n) is 2.74. The molecule has 1 unspecified atom stereocenters. The third-order valence-corrected chi connectivity index (χ3v) is 3.55. The summed E-state index contributed by atoms with van der Waals surface area (Å²) in [5.41, 5.74) is 0.272. The van der Waals surface area contributed by atoms with Crippen molar-refractivity contribution in [2.24, 2.45) is 0 Å². The molecule has 1 fully saturated rings. The van der Waals surface area contributed by atoms with Crippen LogP contribution in [0.2, 0.25) is 0 Å². The maximum atomic E-state index is 5.61. The molecule has 0 spiro atoms. The Morgan fingerprint density at radius 1 is 1.41 bits per heavy atom. The van der Waals surface area contributed by atoms with Crippen molar-refractivity contribution < 1.29 is 4.42 Å². The molecule has 17 heavy (non-hydrogen) atoms. The highest BCUT2D eigenvalue weighted by atomic mass is 16.3. The van der Waals surface area contributed by atoms with Crippen LogP contribution in [0.3, 0.4) is 0 Å². The molecule has 2 heterocycles. The van der Waals surface area contributed by atoms with Gasteiger partial charge in [0.25, 0.3) is 0 Å². The molecule has 1 atom stereocenters. The van der Waals surface area contributed by atoms with Gasteiger partial charge >= 0.3 is 0 Å². The SMILES string of the molecule is Cc1ccc(CN(C)CC2(C)CCCCN2)o1. The molecule has 2 rings (SSSR count). The fourth-order valence-corrected chi connectivity index (χ4v) is 2.74. The molecule has 0 aliphatic carbocycles. The van der Waals surface area contributed by atoms with E-state index in [1.54, 1.807) is 0 Å². The van der Waals surface area contributed by atoms with E-state index in [1.165, 1.54) is 19.3 Å². The number of piperidine rings is 1. The summed E-state index contributed by atoms with van der Waals surface area (Å²) in [6.07, 6.45) is 3.93. The summed E-state index contributed by atoms with van der Waals surface area (Å²) in [5.74, 6) is 2.06. The summed E-state index contributed by atoms with van der Waals surface area (Å²) in [6, 6.07) is 4.10. The molecular formula is C14H24N2O. The predicted octanol–water partition coefficient (Wildman–Crippen LogP) is 2.55. The highest BCUT2D eigenvalue weighted by Crippen LogP contribution is 2.20. The zero-order chi connectivity index (χ0) is 12.3. The van der Waals surface area contributed by atoms with Gasteiger partial charge in [0.2, 0.25) is 0 Å². The van der Waals surface area contributed by atoms with Crippen LogP contribution in [-0.2, 0) is 6.54 Å². The lowest BCUT2D eigenvalue weighted by atomic mass is 9.90. The zero-order valence-electron chi connectivity index (χ0n) is 11.3. The molecule has 1 N–H and O–H groups in total. The first kappa shape index (κ1) is 12.7. The summed E-state index contributed by atoms with van der Waals surface area (Å²) in [7, 11) is 2.17. The van der Waals surface area contributed by atoms with E-state index in [-0.39, 0.29) is 5.54 Å². The van der Waals surface area contributed by atoms with Gasteiger partial charge in [0.1, 0.15) is 11.5 Å². The summed E-state index contributed by atoms with van der Waals surface area (Å²) in [5, 5.41) is 3.65. The van der Waals surface area contributed by atoms with Gasteiger partial charge in [-0.15, -0.1) is 0 Å². The Bertz CT molecular complexity index is 353. The Balaban J connectivity index is 1.85. The van der Waals surface area contributed by atoms with Gasteiger partial charge in [-0.1, -0.05) is 6.42 Å². The average Bonchev–Trinajstić information content (AvgIpc) is 2.63. The van der Waals surface area contributed by atoms with Crippen molar-refractivity contribution in [2.45, 2.75) is 45.2 Å². The molecule has 0 radical (unpaired) electrons. The second-order valence-electron chi connectivity index (χ2n) is 5.63. The van der Waals surface area contributed by atoms with Gasteiger partial charge in [-0.05, 0) is 52.4 Å². The first-order valence-corrected chi connectivity index (χ1v) is 6.56. The number of hydrogen-bond acceptors (Lipinski definition) is 3. The molecule has 1 aromatic rings. The molecule has 3 nitrogen and oxygen atoms in total. The van der Waals surface area contributed by atoms with Gasteiger partial charge in [0.15, 0.2) is 0 Å². The predicted molar refractivity (Wildman–Crippen MR) is 70.0 cm³/mol. The van der Waals surface area contributed by atoms with Crippen LogP contribution in [0.15, 0.2) is 16.5 Å². The van der Waals surface area contributed by atoms with Crippen molar-refractivity contribution in [3.05, 3.63) is 23.7 Å². The number of hydrogen-bond donors (Lipinski definition) is 1. The molecule has 0 aromatic carbocycles. The topological polar surface area (TPSA) is 28.4 Å². The van der Waals surface area contributed by atoms with Crippen molar-refractivity contribution in [2.75, 3.05) is 20.1 Å². The number of likely N-dealkylation sites (N-methyl/N-ethyl adjacent to an activating group) is 1. The normalized spacial score (nSPS) is 25.4. The van der Waals surface area contributed by atoms with E-state index >= 15 is 0 Å². The summed E-state index contributed by atoms with van der Waals surface area (Å²) >= 11 is 0. The summed E-state index contributed by atoms with van der Waals surface area (Å²) in [4.78, 5) is 2.34. The van der Waals surface area contributed by atoms with Crippen LogP contribution >= 0.6 is 0 Å². The van der Waals surface area contributed by atoms with Gasteiger partial charge in [0.05, 0.1) is 6.54 Å². The molecule has 0 amide bonds. The van der Waals surface area contributed by atoms with E-state index in [9.17, 15) is 0 Å². The Morgan fingerprint density at radius 2 is 2.24 bits per heavy atom. The smallest absolute Gasteiger partial charge is 0.118 e. The van der Waals surface area contributed by atoms with E-state index in [4.69, 9.17) is 4.42 Å². The molecule has 1 aliphatic rings. The number of furan rings is 1. The fraction of sp³-hybridized carbons (Fsp3) is 0.714. The Labute approximate surface area is 104 Å². The van der Waals surface area contributed by atoms with Gasteiger partial charge in [0, 0.05) is 12.1 Å². The van der Waals surface area contributed by atoms with Crippen molar-refractivity contribution >= 4 is 0 Å². The number of aryl methyl sites for hydroxylation is 1. The van der Waals surface area contributed by atoms with Crippen LogP contribution in [-0.4, -0.2) is 30.6 Å². The molecular weight excluding hydrogens is 212 g/mol. The molecule has 1 aromatic heterocycles. The van der Waals surface area contributed by atoms with E-state index in [0.717, 1.165) is 31.2 Å². The van der Waals surface area contributed by atoms with Crippen LogP contribution in [0.4, 0.5) is 0 Å². The van der Waals surface area contributed by atoms with E-state index in [2.05, 4.69) is 30.3 Å². The largest absolute Gasteiger partial charge is 0.465 e. The van der Waals surface area contributed by atoms with Crippen LogP contribution in [0.1, 0.15) is 37.7 Å². The standard InChI is InChI=1S/C14H24N2O/c1-12-6-7-13(17-12)10-16(3)11-14(2)8-4-5-9-15-14/h6-7,15H,4-5,8-11H2,1-3H3. The molecule has 0 saturated carbocycles. The lowest BCUT2D eigenvalue weighted by molar-refractivity contribution is 0.175. The van der Waals surface area contributed by atoms with E-state index in [0.29, 0.717) is 0 Å². The summed E-state index contributed by atoms with van der Waals surface area (Å²) in [6.45, 7) is 7.45. The van der Waals surface area contributed by atoms with Gasteiger partial charge in [-0.3, -0.25) is 4.90 Å². The van der Waals surface area contributed by atoms with Crippen molar-refractivity contribution in [3.63, 3.8) is 0 Å². The number of rotatable bonds is 4. The molecule has 96 valence electrons. The monoisotopic (exact) mass is 236 g/mol. The minimum Gasteiger partial charge on any atom is -0.465 e. The van der Waals surface area contributed by atoms with Crippen LogP contribution in [0.5, 0.6) is 0 Å². The number of nitrogens with one attached hydrogen (secondary N) is 1. The minimum absolute atomic E-state index is 0.272. The van der Waals surface area contributed by atoms with Crippen LogP contribution in [0.25, 0.3) is 0 Å². The molecule has 1 saturated heterocycles. The van der Waals surface area contributed by atoms with Gasteiger partial charge in [-0.25, -0.2) is 0 Å². The second kappa shape index (κ2) is 5.23. The highest BCUT2D eigenvalue weighted by molar-refractivity contribution is 5.05.